The van der Waals surface area contributed by atoms with Gasteiger partial charge >= 0.3 is 0 Å². The minimum atomic E-state index is -0.624. The van der Waals surface area contributed by atoms with E-state index in [0.717, 1.165) is 32.1 Å². The molecule has 0 aromatic carbocycles. The van der Waals surface area contributed by atoms with Crippen LogP contribution in [0.4, 0.5) is 0 Å². The van der Waals surface area contributed by atoms with Gasteiger partial charge in [-0.3, -0.25) is 0 Å². The van der Waals surface area contributed by atoms with Crippen LogP contribution in [-0.2, 0) is 9.62 Å². The third-order valence-corrected chi connectivity index (χ3v) is 2.73. The summed E-state index contributed by atoms with van der Waals surface area (Å²) in [5.74, 6) is -0.624. The van der Waals surface area contributed by atoms with Gasteiger partial charge in [-0.05, 0) is 19.3 Å². The molecule has 3 nitrogen and oxygen atoms in total. The Morgan fingerprint density at radius 3 is 3.00 bits per heavy atom. The van der Waals surface area contributed by atoms with E-state index in [1.165, 1.54) is 6.42 Å². The quantitative estimate of drug-likeness (QED) is 0.468. The lowest BCUT2D eigenvalue weighted by atomic mass is 9.99. The molecule has 64 valence electrons. The molecule has 2 fully saturated rings. The van der Waals surface area contributed by atoms with Crippen molar-refractivity contribution in [3.8, 4) is 0 Å². The lowest BCUT2D eigenvalue weighted by Crippen LogP contribution is -2.30. The molecule has 2 heterocycles. The predicted molar refractivity (Wildman–Crippen MR) is 39.0 cm³/mol. The van der Waals surface area contributed by atoms with Crippen molar-refractivity contribution in [3.05, 3.63) is 0 Å². The summed E-state index contributed by atoms with van der Waals surface area (Å²) in [6.07, 6.45) is 6.52. The minimum absolute atomic E-state index is 0.338. The Balaban J connectivity index is 2.08. The maximum atomic E-state index is 8.67. The third kappa shape index (κ3) is 1.28. The van der Waals surface area contributed by atoms with E-state index < -0.39 is 5.79 Å². The average Bonchev–Trinajstić information content (AvgIpc) is 2.28. The first-order valence-corrected chi connectivity index (χ1v) is 4.35. The van der Waals surface area contributed by atoms with Crippen LogP contribution in [0.1, 0.15) is 38.5 Å². The van der Waals surface area contributed by atoms with Crippen LogP contribution in [0.3, 0.4) is 0 Å². The van der Waals surface area contributed by atoms with Crippen molar-refractivity contribution in [2.75, 3.05) is 0 Å². The molecule has 2 rings (SSSR count). The fourth-order valence-electron chi connectivity index (χ4n) is 2.07. The Morgan fingerprint density at radius 2 is 2.18 bits per heavy atom. The zero-order chi connectivity index (χ0) is 7.73. The van der Waals surface area contributed by atoms with Crippen LogP contribution in [0.5, 0.6) is 0 Å². The molecule has 0 aromatic rings. The van der Waals surface area contributed by atoms with Crippen LogP contribution in [0, 0.1) is 0 Å². The summed E-state index contributed by atoms with van der Waals surface area (Å²) in [4.78, 5) is 4.43. The molecule has 3 heteroatoms. The van der Waals surface area contributed by atoms with Gasteiger partial charge < -0.3 is 4.74 Å². The van der Waals surface area contributed by atoms with Gasteiger partial charge in [0.25, 0.3) is 0 Å². The Kier molecular flexibility index (Phi) is 1.87. The first-order chi connectivity index (χ1) is 5.35. The smallest absolute Gasteiger partial charge is 0.201 e. The summed E-state index contributed by atoms with van der Waals surface area (Å²) in [5, 5.41) is 8.67. The minimum Gasteiger partial charge on any atom is -0.344 e. The Morgan fingerprint density at radius 1 is 1.27 bits per heavy atom. The molecule has 0 amide bonds. The molecule has 0 aliphatic carbocycles. The molecule has 2 bridgehead atoms. The van der Waals surface area contributed by atoms with E-state index in [4.69, 9.17) is 9.99 Å². The first kappa shape index (κ1) is 7.53. The van der Waals surface area contributed by atoms with E-state index in [2.05, 4.69) is 4.89 Å². The van der Waals surface area contributed by atoms with E-state index in [1.54, 1.807) is 0 Å². The van der Waals surface area contributed by atoms with Gasteiger partial charge in [-0.1, -0.05) is 6.42 Å². The van der Waals surface area contributed by atoms with Gasteiger partial charge in [0.2, 0.25) is 5.79 Å². The van der Waals surface area contributed by atoms with Gasteiger partial charge in [-0.15, -0.1) is 0 Å². The maximum Gasteiger partial charge on any atom is 0.201 e. The zero-order valence-corrected chi connectivity index (χ0v) is 6.58. The van der Waals surface area contributed by atoms with Crippen LogP contribution < -0.4 is 0 Å². The summed E-state index contributed by atoms with van der Waals surface area (Å²) in [6, 6.07) is 0. The van der Waals surface area contributed by atoms with Crippen molar-refractivity contribution < 1.29 is 14.9 Å². The SMILES string of the molecule is OOC12CCCCC(CC1)O2. The lowest BCUT2D eigenvalue weighted by molar-refractivity contribution is -0.398. The highest BCUT2D eigenvalue weighted by Crippen LogP contribution is 2.39. The van der Waals surface area contributed by atoms with Crippen molar-refractivity contribution in [2.24, 2.45) is 0 Å². The van der Waals surface area contributed by atoms with Gasteiger partial charge in [-0.2, -0.15) is 0 Å². The maximum absolute atomic E-state index is 8.67. The molecular formula is C8H14O3. The molecule has 0 saturated carbocycles. The summed E-state index contributed by atoms with van der Waals surface area (Å²) in [6.45, 7) is 0. The van der Waals surface area contributed by atoms with Crippen molar-refractivity contribution in [1.82, 2.24) is 0 Å². The van der Waals surface area contributed by atoms with Crippen LogP contribution in [-0.4, -0.2) is 17.1 Å². The molecule has 11 heavy (non-hydrogen) atoms. The molecule has 2 atom stereocenters. The van der Waals surface area contributed by atoms with Crippen LogP contribution >= 0.6 is 0 Å². The summed E-state index contributed by atoms with van der Waals surface area (Å²) in [7, 11) is 0. The highest BCUT2D eigenvalue weighted by molar-refractivity contribution is 4.83. The number of hydrogen-bond acceptors (Lipinski definition) is 3. The largest absolute Gasteiger partial charge is 0.344 e. The Labute approximate surface area is 66.2 Å². The van der Waals surface area contributed by atoms with Crippen LogP contribution in [0.25, 0.3) is 0 Å². The Hall–Kier alpha value is -0.120. The third-order valence-electron chi connectivity index (χ3n) is 2.73. The molecule has 0 radical (unpaired) electrons. The Bertz CT molecular complexity index is 148. The van der Waals surface area contributed by atoms with Gasteiger partial charge in [0.05, 0.1) is 6.10 Å². The second-order valence-electron chi connectivity index (χ2n) is 3.53. The second kappa shape index (κ2) is 2.73. The van der Waals surface area contributed by atoms with Crippen molar-refractivity contribution >= 4 is 0 Å². The number of ether oxygens (including phenoxy) is 1. The van der Waals surface area contributed by atoms with Crippen LogP contribution in [0.15, 0.2) is 0 Å². The van der Waals surface area contributed by atoms with Gasteiger partial charge in [0.1, 0.15) is 0 Å². The van der Waals surface area contributed by atoms with Crippen molar-refractivity contribution in [2.45, 2.75) is 50.4 Å². The number of hydrogen-bond donors (Lipinski definition) is 1. The number of rotatable bonds is 1. The van der Waals surface area contributed by atoms with E-state index in [-0.39, 0.29) is 0 Å². The fourth-order valence-corrected chi connectivity index (χ4v) is 2.07. The fraction of sp³-hybridized carbons (Fsp3) is 1.00. The van der Waals surface area contributed by atoms with Crippen molar-refractivity contribution in [1.29, 1.82) is 0 Å². The van der Waals surface area contributed by atoms with Gasteiger partial charge in [-0.25, -0.2) is 10.1 Å². The molecule has 2 aliphatic rings. The van der Waals surface area contributed by atoms with Crippen molar-refractivity contribution in [3.63, 3.8) is 0 Å². The van der Waals surface area contributed by atoms with Crippen LogP contribution in [0.2, 0.25) is 0 Å². The molecule has 2 saturated heterocycles. The van der Waals surface area contributed by atoms with E-state index in [1.807, 2.05) is 0 Å². The summed E-state index contributed by atoms with van der Waals surface area (Å²) in [5.41, 5.74) is 0. The molecular weight excluding hydrogens is 144 g/mol. The lowest BCUT2D eigenvalue weighted by Gasteiger charge is -2.23. The molecule has 2 aliphatic heterocycles. The molecule has 2 unspecified atom stereocenters. The molecule has 1 N–H and O–H groups in total. The average molecular weight is 158 g/mol. The topological polar surface area (TPSA) is 38.7 Å². The zero-order valence-electron chi connectivity index (χ0n) is 6.58. The number of fused-ring (bicyclic) bond motifs is 2. The normalized spacial score (nSPS) is 43.9. The second-order valence-corrected chi connectivity index (χ2v) is 3.53. The molecule has 0 spiro atoms. The predicted octanol–water partition coefficient (Wildman–Crippen LogP) is 1.93. The monoisotopic (exact) mass is 158 g/mol. The highest BCUT2D eigenvalue weighted by atomic mass is 17.1. The summed E-state index contributed by atoms with van der Waals surface area (Å²) >= 11 is 0. The highest BCUT2D eigenvalue weighted by Gasteiger charge is 2.42. The van der Waals surface area contributed by atoms with Gasteiger partial charge in [0, 0.05) is 12.8 Å². The molecule has 0 aromatic heterocycles. The van der Waals surface area contributed by atoms with E-state index in [9.17, 15) is 0 Å². The van der Waals surface area contributed by atoms with E-state index in [0.29, 0.717) is 6.10 Å². The standard InChI is InChI=1S/C8H14O3/c9-11-8-5-2-1-3-7(10-8)4-6-8/h7,9H,1-6H2. The first-order valence-electron chi connectivity index (χ1n) is 4.35. The summed E-state index contributed by atoms with van der Waals surface area (Å²) < 4.78 is 5.59. The van der Waals surface area contributed by atoms with E-state index >= 15 is 0 Å². The van der Waals surface area contributed by atoms with Gasteiger partial charge in [0.15, 0.2) is 0 Å².